The number of hydrogen-bond donors (Lipinski definition) is 2. The fourth-order valence-corrected chi connectivity index (χ4v) is 3.88. The molecule has 0 fully saturated rings. The normalized spacial score (nSPS) is 17.7. The maximum atomic E-state index is 13.1. The molecule has 0 aromatic heterocycles. The number of Topliss-reactive ketones (excluding diaryl/α,β-unsaturated/α-hetero) is 2. The summed E-state index contributed by atoms with van der Waals surface area (Å²) in [6.45, 7) is 2.08. The topological polar surface area (TPSA) is 128 Å². The lowest BCUT2D eigenvalue weighted by atomic mass is 9.77. The van der Waals surface area contributed by atoms with Crippen LogP contribution in [0.3, 0.4) is 0 Å². The van der Waals surface area contributed by atoms with Crippen molar-refractivity contribution in [3.8, 4) is 11.5 Å². The van der Waals surface area contributed by atoms with Gasteiger partial charge < -0.3 is 19.9 Å². The summed E-state index contributed by atoms with van der Waals surface area (Å²) in [6, 6.07) is 10.9. The molecular weight excluding hydrogens is 404 g/mol. The first-order valence-corrected chi connectivity index (χ1v) is 9.52. The summed E-state index contributed by atoms with van der Waals surface area (Å²) in [6.07, 6.45) is 0. The van der Waals surface area contributed by atoms with Crippen molar-refractivity contribution in [2.24, 2.45) is 0 Å². The second kappa shape index (κ2) is 7.60. The predicted molar refractivity (Wildman–Crippen MR) is 109 cm³/mol. The Labute approximate surface area is 176 Å². The maximum Gasteiger partial charge on any atom is 0.317 e. The second-order valence-electron chi connectivity index (χ2n) is 6.83. The zero-order valence-electron chi connectivity index (χ0n) is 16.7. The minimum Gasteiger partial charge on any atom is -0.507 e. The van der Waals surface area contributed by atoms with E-state index in [0.29, 0.717) is 12.4 Å². The minimum absolute atomic E-state index is 0.0459. The summed E-state index contributed by atoms with van der Waals surface area (Å²) >= 11 is 0. The van der Waals surface area contributed by atoms with Gasteiger partial charge in [-0.25, -0.2) is 0 Å². The Morgan fingerprint density at radius 1 is 1.13 bits per heavy atom. The van der Waals surface area contributed by atoms with Crippen LogP contribution in [-0.2, 0) is 4.79 Å². The zero-order valence-corrected chi connectivity index (χ0v) is 16.7. The standard InChI is InChI=1S/C22H18N2O7/c1-3-30-14-10-6-9-13-15(17(24(28)29)22(23-2)31-21(13)14)16-18(25)11-7-4-5-8-12(11)19(26)20(16)27/h4-10,15,23,25H,3H2,1-2H3. The van der Waals surface area contributed by atoms with Gasteiger partial charge in [-0.1, -0.05) is 36.4 Å². The molecule has 31 heavy (non-hydrogen) atoms. The third-order valence-electron chi connectivity index (χ3n) is 5.18. The van der Waals surface area contributed by atoms with Gasteiger partial charge in [-0.15, -0.1) is 0 Å². The number of nitro groups is 1. The number of nitrogens with one attached hydrogen (secondary N) is 1. The van der Waals surface area contributed by atoms with E-state index in [1.807, 2.05) is 0 Å². The van der Waals surface area contributed by atoms with E-state index in [9.17, 15) is 24.8 Å². The van der Waals surface area contributed by atoms with Gasteiger partial charge in [0.15, 0.2) is 11.5 Å². The molecule has 158 valence electrons. The highest BCUT2D eigenvalue weighted by atomic mass is 16.6. The van der Waals surface area contributed by atoms with Crippen molar-refractivity contribution in [1.29, 1.82) is 0 Å². The van der Waals surface area contributed by atoms with Crippen molar-refractivity contribution in [3.63, 3.8) is 0 Å². The number of hydrogen-bond acceptors (Lipinski definition) is 8. The monoisotopic (exact) mass is 422 g/mol. The van der Waals surface area contributed by atoms with Crippen LogP contribution >= 0.6 is 0 Å². The van der Waals surface area contributed by atoms with Gasteiger partial charge in [0.25, 0.3) is 5.88 Å². The van der Waals surface area contributed by atoms with E-state index in [1.54, 1.807) is 31.2 Å². The Bertz CT molecular complexity index is 1200. The highest BCUT2D eigenvalue weighted by molar-refractivity contribution is 6.52. The minimum atomic E-state index is -1.36. The van der Waals surface area contributed by atoms with E-state index >= 15 is 0 Å². The van der Waals surface area contributed by atoms with E-state index in [4.69, 9.17) is 9.47 Å². The molecule has 0 saturated carbocycles. The highest BCUT2D eigenvalue weighted by Crippen LogP contribution is 2.49. The van der Waals surface area contributed by atoms with Crippen molar-refractivity contribution in [2.45, 2.75) is 12.8 Å². The summed E-state index contributed by atoms with van der Waals surface area (Å²) < 4.78 is 11.3. The number of ether oxygens (including phenoxy) is 2. The van der Waals surface area contributed by atoms with E-state index in [0.717, 1.165) is 0 Å². The maximum absolute atomic E-state index is 13.1. The lowest BCUT2D eigenvalue weighted by Gasteiger charge is -2.29. The number of carbonyl (C=O) groups is 2. The molecule has 2 aromatic rings. The molecule has 1 aliphatic carbocycles. The molecule has 9 nitrogen and oxygen atoms in total. The first-order valence-electron chi connectivity index (χ1n) is 9.52. The molecule has 2 N–H and O–H groups in total. The number of benzene rings is 2. The van der Waals surface area contributed by atoms with Crippen molar-refractivity contribution >= 4 is 17.3 Å². The lowest BCUT2D eigenvalue weighted by Crippen LogP contribution is -2.34. The summed E-state index contributed by atoms with van der Waals surface area (Å²) in [5, 5.41) is 25.7. The van der Waals surface area contributed by atoms with Crippen LogP contribution in [0.5, 0.6) is 11.5 Å². The van der Waals surface area contributed by atoms with Crippen LogP contribution in [0.2, 0.25) is 0 Å². The average molecular weight is 422 g/mol. The lowest BCUT2D eigenvalue weighted by molar-refractivity contribution is -0.432. The molecule has 1 atom stereocenters. The van der Waals surface area contributed by atoms with E-state index in [-0.39, 0.29) is 33.9 Å². The van der Waals surface area contributed by atoms with Gasteiger partial charge in [-0.2, -0.15) is 0 Å². The van der Waals surface area contributed by atoms with Crippen molar-refractivity contribution in [1.82, 2.24) is 5.32 Å². The van der Waals surface area contributed by atoms with E-state index in [2.05, 4.69) is 5.32 Å². The van der Waals surface area contributed by atoms with Crippen molar-refractivity contribution < 1.29 is 29.1 Å². The molecule has 9 heteroatoms. The number of aliphatic hydroxyl groups is 1. The molecule has 0 radical (unpaired) electrons. The van der Waals surface area contributed by atoms with Crippen molar-refractivity contribution in [2.75, 3.05) is 13.7 Å². The zero-order chi connectivity index (χ0) is 22.3. The average Bonchev–Trinajstić information content (AvgIpc) is 2.77. The van der Waals surface area contributed by atoms with Crippen molar-refractivity contribution in [3.05, 3.63) is 86.4 Å². The molecule has 0 saturated heterocycles. The third kappa shape index (κ3) is 3.02. The largest absolute Gasteiger partial charge is 0.507 e. The van der Waals surface area contributed by atoms with Crippen LogP contribution in [0.15, 0.2) is 59.6 Å². The van der Waals surface area contributed by atoms with Gasteiger partial charge in [-0.05, 0) is 13.0 Å². The van der Waals surface area contributed by atoms with E-state index in [1.165, 1.54) is 25.2 Å². The van der Waals surface area contributed by atoms with Gasteiger partial charge in [-0.3, -0.25) is 19.7 Å². The smallest absolute Gasteiger partial charge is 0.317 e. The summed E-state index contributed by atoms with van der Waals surface area (Å²) in [4.78, 5) is 37.2. The molecule has 0 spiro atoms. The Hall–Kier alpha value is -4.14. The SMILES string of the molecule is CCOc1cccc2c1OC(NC)=C([N+](=O)[O-])C2C1=C(O)c2ccccc2C(=O)C1=O. The molecular formula is C22H18N2O7. The molecule has 1 unspecified atom stereocenters. The fraction of sp³-hybridized carbons (Fsp3) is 0.182. The fourth-order valence-electron chi connectivity index (χ4n) is 3.88. The molecule has 1 heterocycles. The summed E-state index contributed by atoms with van der Waals surface area (Å²) in [7, 11) is 1.43. The van der Waals surface area contributed by atoms with Crippen LogP contribution in [0, 0.1) is 10.1 Å². The Balaban J connectivity index is 2.06. The van der Waals surface area contributed by atoms with Crippen LogP contribution in [0.1, 0.15) is 34.3 Å². The van der Waals surface area contributed by atoms with Crippen LogP contribution in [-0.4, -0.2) is 35.3 Å². The number of para-hydroxylation sites is 1. The Kier molecular flexibility index (Phi) is 4.94. The molecule has 0 amide bonds. The van der Waals surface area contributed by atoms with Gasteiger partial charge in [0.05, 0.1) is 17.1 Å². The number of ketones is 2. The first-order chi connectivity index (χ1) is 14.9. The molecule has 2 aromatic carbocycles. The number of fused-ring (bicyclic) bond motifs is 2. The number of nitrogens with zero attached hydrogens (tertiary/aromatic N) is 1. The van der Waals surface area contributed by atoms with Gasteiger partial charge in [0.1, 0.15) is 11.7 Å². The summed E-state index contributed by atoms with van der Waals surface area (Å²) in [5.41, 5.74) is -0.444. The number of aliphatic hydroxyl groups excluding tert-OH is 1. The number of rotatable bonds is 5. The van der Waals surface area contributed by atoms with Gasteiger partial charge >= 0.3 is 5.70 Å². The van der Waals surface area contributed by atoms with E-state index < -0.39 is 33.9 Å². The van der Waals surface area contributed by atoms with Gasteiger partial charge in [0, 0.05) is 23.7 Å². The van der Waals surface area contributed by atoms with Crippen LogP contribution in [0.25, 0.3) is 5.76 Å². The Morgan fingerprint density at radius 2 is 1.84 bits per heavy atom. The summed E-state index contributed by atoms with van der Waals surface area (Å²) in [5.74, 6) is -3.41. The number of carbonyl (C=O) groups excluding carboxylic acids is 2. The molecule has 4 rings (SSSR count). The first kappa shape index (κ1) is 20.1. The van der Waals surface area contributed by atoms with Crippen LogP contribution in [0.4, 0.5) is 0 Å². The quantitative estimate of drug-likeness (QED) is 0.428. The second-order valence-corrected chi connectivity index (χ2v) is 6.83. The molecule has 1 aliphatic heterocycles. The number of allylic oxidation sites excluding steroid dienone is 1. The molecule has 0 bridgehead atoms. The predicted octanol–water partition coefficient (Wildman–Crippen LogP) is 2.96. The van der Waals surface area contributed by atoms with Gasteiger partial charge in [0.2, 0.25) is 11.6 Å². The highest BCUT2D eigenvalue weighted by Gasteiger charge is 2.48. The molecule has 2 aliphatic rings. The third-order valence-corrected chi connectivity index (χ3v) is 5.18. The van der Waals surface area contributed by atoms with Crippen LogP contribution < -0.4 is 14.8 Å². The Morgan fingerprint density at radius 3 is 2.48 bits per heavy atom.